The van der Waals surface area contributed by atoms with Crippen LogP contribution in [-0.4, -0.2) is 11.9 Å². The molecule has 1 rings (SSSR count). The van der Waals surface area contributed by atoms with E-state index in [0.29, 0.717) is 6.42 Å². The SMILES string of the molecule is CC(C)CCCC(C)NC(=O)Cc1ccc(N)cc1.Cl. The molecule has 0 aliphatic carbocycles. The van der Waals surface area contributed by atoms with Gasteiger partial charge < -0.3 is 11.1 Å². The smallest absolute Gasteiger partial charge is 0.224 e. The maximum absolute atomic E-state index is 11.9. The van der Waals surface area contributed by atoms with Crippen molar-refractivity contribution in [2.75, 3.05) is 5.73 Å². The van der Waals surface area contributed by atoms with Gasteiger partial charge in [0.05, 0.1) is 6.42 Å². The molecule has 1 atom stereocenters. The molecule has 1 amide bonds. The Labute approximate surface area is 128 Å². The Morgan fingerprint density at radius 2 is 1.75 bits per heavy atom. The Morgan fingerprint density at radius 3 is 2.30 bits per heavy atom. The number of hydrogen-bond acceptors (Lipinski definition) is 2. The van der Waals surface area contributed by atoms with Crippen molar-refractivity contribution < 1.29 is 4.79 Å². The van der Waals surface area contributed by atoms with Gasteiger partial charge in [0.15, 0.2) is 0 Å². The number of rotatable bonds is 7. The zero-order chi connectivity index (χ0) is 14.3. The molecule has 0 saturated heterocycles. The molecule has 3 nitrogen and oxygen atoms in total. The lowest BCUT2D eigenvalue weighted by Crippen LogP contribution is -2.33. The molecule has 114 valence electrons. The third-order valence-electron chi connectivity index (χ3n) is 3.17. The van der Waals surface area contributed by atoms with E-state index in [1.807, 2.05) is 24.3 Å². The maximum atomic E-state index is 11.9. The molecule has 3 N–H and O–H groups in total. The third kappa shape index (κ3) is 8.05. The highest BCUT2D eigenvalue weighted by Crippen LogP contribution is 2.09. The number of hydrogen-bond donors (Lipinski definition) is 2. The van der Waals surface area contributed by atoms with E-state index in [1.54, 1.807) is 0 Å². The first-order chi connectivity index (χ1) is 8.97. The van der Waals surface area contributed by atoms with E-state index >= 15 is 0 Å². The van der Waals surface area contributed by atoms with E-state index in [4.69, 9.17) is 5.73 Å². The van der Waals surface area contributed by atoms with Gasteiger partial charge in [-0.3, -0.25) is 4.79 Å². The van der Waals surface area contributed by atoms with Crippen molar-refractivity contribution in [1.29, 1.82) is 0 Å². The van der Waals surface area contributed by atoms with Gasteiger partial charge in [0.2, 0.25) is 5.91 Å². The summed E-state index contributed by atoms with van der Waals surface area (Å²) in [5.74, 6) is 0.819. The number of carbonyl (C=O) groups is 1. The number of carbonyl (C=O) groups excluding carboxylic acids is 1. The minimum Gasteiger partial charge on any atom is -0.399 e. The van der Waals surface area contributed by atoms with Crippen LogP contribution in [0, 0.1) is 5.92 Å². The summed E-state index contributed by atoms with van der Waals surface area (Å²) in [6, 6.07) is 7.71. The Morgan fingerprint density at radius 1 is 1.15 bits per heavy atom. The summed E-state index contributed by atoms with van der Waals surface area (Å²) in [6.07, 6.45) is 3.86. The van der Waals surface area contributed by atoms with Crippen molar-refractivity contribution in [2.24, 2.45) is 5.92 Å². The lowest BCUT2D eigenvalue weighted by molar-refractivity contribution is -0.121. The summed E-state index contributed by atoms with van der Waals surface area (Å²) in [7, 11) is 0. The number of anilines is 1. The summed E-state index contributed by atoms with van der Waals surface area (Å²) in [5.41, 5.74) is 7.35. The second-order valence-electron chi connectivity index (χ2n) is 5.71. The van der Waals surface area contributed by atoms with Gasteiger partial charge in [-0.1, -0.05) is 38.8 Å². The maximum Gasteiger partial charge on any atom is 0.224 e. The zero-order valence-electron chi connectivity index (χ0n) is 12.7. The van der Waals surface area contributed by atoms with Crippen molar-refractivity contribution in [3.8, 4) is 0 Å². The molecule has 0 aliphatic rings. The van der Waals surface area contributed by atoms with Gasteiger partial charge in [-0.2, -0.15) is 0 Å². The fourth-order valence-electron chi connectivity index (χ4n) is 2.05. The van der Waals surface area contributed by atoms with Crippen LogP contribution in [0.3, 0.4) is 0 Å². The summed E-state index contributed by atoms with van der Waals surface area (Å²) >= 11 is 0. The first-order valence-corrected chi connectivity index (χ1v) is 7.11. The lowest BCUT2D eigenvalue weighted by Gasteiger charge is -2.14. The van der Waals surface area contributed by atoms with Crippen molar-refractivity contribution in [1.82, 2.24) is 5.32 Å². The standard InChI is InChI=1S/C16H26N2O.ClH/c1-12(2)5-4-6-13(3)18-16(19)11-14-7-9-15(17)10-8-14;/h7-10,12-13H,4-6,11,17H2,1-3H3,(H,18,19);1H. The fourth-order valence-corrected chi connectivity index (χ4v) is 2.05. The molecule has 1 aromatic rings. The summed E-state index contributed by atoms with van der Waals surface area (Å²) in [5, 5.41) is 3.05. The molecule has 1 aromatic carbocycles. The van der Waals surface area contributed by atoms with Crippen LogP contribution in [0.5, 0.6) is 0 Å². The highest BCUT2D eigenvalue weighted by molar-refractivity contribution is 5.85. The number of benzene rings is 1. The molecule has 0 bridgehead atoms. The molecule has 0 spiro atoms. The van der Waals surface area contributed by atoms with Crippen LogP contribution in [0.25, 0.3) is 0 Å². The largest absolute Gasteiger partial charge is 0.399 e. The Bertz CT molecular complexity index is 390. The number of nitrogens with two attached hydrogens (primary N) is 1. The topological polar surface area (TPSA) is 55.1 Å². The van der Waals surface area contributed by atoms with Crippen molar-refractivity contribution >= 4 is 24.0 Å². The molecular formula is C16H27ClN2O. The van der Waals surface area contributed by atoms with E-state index in [2.05, 4.69) is 26.1 Å². The van der Waals surface area contributed by atoms with Crippen molar-refractivity contribution in [3.05, 3.63) is 29.8 Å². The lowest BCUT2D eigenvalue weighted by atomic mass is 10.0. The van der Waals surface area contributed by atoms with Gasteiger partial charge in [-0.05, 0) is 37.0 Å². The van der Waals surface area contributed by atoms with Gasteiger partial charge in [0.25, 0.3) is 0 Å². The summed E-state index contributed by atoms with van der Waals surface area (Å²) in [4.78, 5) is 11.9. The molecule has 0 aliphatic heterocycles. The predicted octanol–water partition coefficient (Wildman–Crippen LogP) is 3.56. The Balaban J connectivity index is 0.00000361. The molecule has 0 saturated carbocycles. The minimum atomic E-state index is 0. The number of amides is 1. The Hall–Kier alpha value is -1.22. The van der Waals surface area contributed by atoms with Crippen LogP contribution in [0.2, 0.25) is 0 Å². The first-order valence-electron chi connectivity index (χ1n) is 7.11. The van der Waals surface area contributed by atoms with Crippen LogP contribution in [0.4, 0.5) is 5.69 Å². The molecule has 0 fully saturated rings. The highest BCUT2D eigenvalue weighted by Gasteiger charge is 2.08. The number of nitrogen functional groups attached to an aromatic ring is 1. The van der Waals surface area contributed by atoms with Crippen molar-refractivity contribution in [3.63, 3.8) is 0 Å². The fraction of sp³-hybridized carbons (Fsp3) is 0.562. The van der Waals surface area contributed by atoms with Crippen LogP contribution >= 0.6 is 12.4 Å². The van der Waals surface area contributed by atoms with Gasteiger partial charge in [0, 0.05) is 11.7 Å². The van der Waals surface area contributed by atoms with E-state index < -0.39 is 0 Å². The molecule has 4 heteroatoms. The van der Waals surface area contributed by atoms with Crippen LogP contribution < -0.4 is 11.1 Å². The monoisotopic (exact) mass is 298 g/mol. The van der Waals surface area contributed by atoms with Crippen molar-refractivity contribution in [2.45, 2.75) is 52.5 Å². The quantitative estimate of drug-likeness (QED) is 0.756. The third-order valence-corrected chi connectivity index (χ3v) is 3.17. The normalized spacial score (nSPS) is 11.8. The molecule has 1 unspecified atom stereocenters. The van der Waals surface area contributed by atoms with Gasteiger partial charge >= 0.3 is 0 Å². The summed E-state index contributed by atoms with van der Waals surface area (Å²) in [6.45, 7) is 6.52. The van der Waals surface area contributed by atoms with E-state index in [-0.39, 0.29) is 24.4 Å². The molecule has 0 heterocycles. The second-order valence-corrected chi connectivity index (χ2v) is 5.71. The van der Waals surface area contributed by atoms with Gasteiger partial charge in [-0.15, -0.1) is 12.4 Å². The van der Waals surface area contributed by atoms with E-state index in [9.17, 15) is 4.79 Å². The molecular weight excluding hydrogens is 272 g/mol. The van der Waals surface area contributed by atoms with Gasteiger partial charge in [-0.25, -0.2) is 0 Å². The van der Waals surface area contributed by atoms with Crippen LogP contribution in [-0.2, 0) is 11.2 Å². The highest BCUT2D eigenvalue weighted by atomic mass is 35.5. The minimum absolute atomic E-state index is 0. The number of halogens is 1. The molecule has 0 aromatic heterocycles. The Kier molecular flexibility index (Phi) is 9.06. The average molecular weight is 299 g/mol. The van der Waals surface area contributed by atoms with Crippen LogP contribution in [0.1, 0.15) is 45.6 Å². The van der Waals surface area contributed by atoms with Crippen LogP contribution in [0.15, 0.2) is 24.3 Å². The van der Waals surface area contributed by atoms with E-state index in [0.717, 1.165) is 23.6 Å². The van der Waals surface area contributed by atoms with E-state index in [1.165, 1.54) is 12.8 Å². The molecule has 20 heavy (non-hydrogen) atoms. The predicted molar refractivity (Wildman–Crippen MR) is 88.1 cm³/mol. The average Bonchev–Trinajstić information content (AvgIpc) is 2.31. The molecule has 0 radical (unpaired) electrons. The number of nitrogens with one attached hydrogen (secondary N) is 1. The summed E-state index contributed by atoms with van der Waals surface area (Å²) < 4.78 is 0. The van der Waals surface area contributed by atoms with Gasteiger partial charge in [0.1, 0.15) is 0 Å². The zero-order valence-corrected chi connectivity index (χ0v) is 13.5. The first kappa shape index (κ1) is 18.8. The second kappa shape index (κ2) is 9.65.